The van der Waals surface area contributed by atoms with E-state index in [-0.39, 0.29) is 6.04 Å². The lowest BCUT2D eigenvalue weighted by Gasteiger charge is -2.31. The predicted octanol–water partition coefficient (Wildman–Crippen LogP) is 2.45. The molecule has 2 aliphatic carbocycles. The smallest absolute Gasteiger partial charge is 0.212 e. The van der Waals surface area contributed by atoms with Crippen molar-refractivity contribution in [3.8, 4) is 0 Å². The van der Waals surface area contributed by atoms with Gasteiger partial charge in [-0.2, -0.15) is 0 Å². The van der Waals surface area contributed by atoms with Crippen molar-refractivity contribution in [1.29, 1.82) is 0 Å². The highest BCUT2D eigenvalue weighted by molar-refractivity contribution is 7.90. The van der Waals surface area contributed by atoms with Gasteiger partial charge in [0.05, 0.1) is 4.75 Å². The van der Waals surface area contributed by atoms with Crippen molar-refractivity contribution >= 4 is 10.0 Å². The summed E-state index contributed by atoms with van der Waals surface area (Å²) >= 11 is 0. The molecule has 1 fully saturated rings. The summed E-state index contributed by atoms with van der Waals surface area (Å²) in [5, 5.41) is 0. The van der Waals surface area contributed by atoms with Gasteiger partial charge in [0, 0.05) is 6.04 Å². The first-order chi connectivity index (χ1) is 7.81. The van der Waals surface area contributed by atoms with Crippen molar-refractivity contribution in [3.63, 3.8) is 0 Å². The zero-order valence-corrected chi connectivity index (χ0v) is 11.8. The van der Waals surface area contributed by atoms with Crippen LogP contribution in [0, 0.1) is 11.8 Å². The minimum atomic E-state index is -3.23. The lowest BCUT2D eigenvalue weighted by atomic mass is 9.80. The molecule has 98 valence electrons. The summed E-state index contributed by atoms with van der Waals surface area (Å²) in [6.07, 6.45) is 9.15. The summed E-state index contributed by atoms with van der Waals surface area (Å²) in [6, 6.07) is 0.0181. The standard InChI is InChI=1S/C13H23NO2S/c1-13(2,3)17(15,16)14-12-9-8-10-6-4-5-7-11(10)12/h8-12,14H,4-7H2,1-3H3/t10-,11-,12-/m1/s1. The van der Waals surface area contributed by atoms with E-state index in [4.69, 9.17) is 0 Å². The predicted molar refractivity (Wildman–Crippen MR) is 70.2 cm³/mol. The molecule has 1 N–H and O–H groups in total. The Hall–Kier alpha value is -0.350. The van der Waals surface area contributed by atoms with Gasteiger partial charge in [-0.15, -0.1) is 0 Å². The lowest BCUT2D eigenvalue weighted by Crippen LogP contribution is -2.46. The Morgan fingerprint density at radius 3 is 2.41 bits per heavy atom. The maximum atomic E-state index is 12.1. The number of fused-ring (bicyclic) bond motifs is 1. The second-order valence-corrected chi connectivity index (χ2v) is 8.72. The quantitative estimate of drug-likeness (QED) is 0.772. The van der Waals surface area contributed by atoms with E-state index in [1.165, 1.54) is 19.3 Å². The Balaban J connectivity index is 2.08. The normalized spacial score (nSPS) is 33.7. The van der Waals surface area contributed by atoms with E-state index in [2.05, 4.69) is 16.9 Å². The van der Waals surface area contributed by atoms with Gasteiger partial charge in [0.1, 0.15) is 0 Å². The maximum Gasteiger partial charge on any atom is 0.217 e. The minimum absolute atomic E-state index is 0.0181. The highest BCUT2D eigenvalue weighted by Gasteiger charge is 2.38. The molecule has 4 heteroatoms. The minimum Gasteiger partial charge on any atom is -0.212 e. The van der Waals surface area contributed by atoms with E-state index in [0.717, 1.165) is 6.42 Å². The van der Waals surface area contributed by atoms with Gasteiger partial charge in [-0.1, -0.05) is 25.0 Å². The Morgan fingerprint density at radius 1 is 1.12 bits per heavy atom. The third kappa shape index (κ3) is 2.58. The van der Waals surface area contributed by atoms with E-state index in [1.54, 1.807) is 20.8 Å². The lowest BCUT2D eigenvalue weighted by molar-refractivity contribution is 0.273. The largest absolute Gasteiger partial charge is 0.217 e. The van der Waals surface area contributed by atoms with Gasteiger partial charge in [0.15, 0.2) is 0 Å². The Kier molecular flexibility index (Phi) is 3.38. The van der Waals surface area contributed by atoms with Crippen LogP contribution in [0.15, 0.2) is 12.2 Å². The molecule has 1 saturated carbocycles. The van der Waals surface area contributed by atoms with Crippen molar-refractivity contribution in [2.75, 3.05) is 0 Å². The van der Waals surface area contributed by atoms with E-state index in [0.29, 0.717) is 11.8 Å². The fraction of sp³-hybridized carbons (Fsp3) is 0.846. The number of allylic oxidation sites excluding steroid dienone is 1. The van der Waals surface area contributed by atoms with Gasteiger partial charge in [0.2, 0.25) is 10.0 Å². The van der Waals surface area contributed by atoms with Gasteiger partial charge in [-0.3, -0.25) is 0 Å². The summed E-state index contributed by atoms with van der Waals surface area (Å²) in [4.78, 5) is 0. The summed E-state index contributed by atoms with van der Waals surface area (Å²) in [5.74, 6) is 1.08. The van der Waals surface area contributed by atoms with Crippen LogP contribution in [0.5, 0.6) is 0 Å². The fourth-order valence-corrected chi connectivity index (χ4v) is 3.73. The van der Waals surface area contributed by atoms with Crippen LogP contribution in [-0.4, -0.2) is 19.2 Å². The topological polar surface area (TPSA) is 46.2 Å². The molecule has 0 aromatic rings. The third-order valence-electron chi connectivity index (χ3n) is 4.00. The van der Waals surface area contributed by atoms with Gasteiger partial charge in [0.25, 0.3) is 0 Å². The van der Waals surface area contributed by atoms with Crippen LogP contribution in [-0.2, 0) is 10.0 Å². The van der Waals surface area contributed by atoms with Crippen LogP contribution in [0.2, 0.25) is 0 Å². The van der Waals surface area contributed by atoms with Crippen molar-refractivity contribution < 1.29 is 8.42 Å². The summed E-state index contributed by atoms with van der Waals surface area (Å²) in [5.41, 5.74) is 0. The summed E-state index contributed by atoms with van der Waals surface area (Å²) < 4.78 is 26.4. The van der Waals surface area contributed by atoms with Gasteiger partial charge >= 0.3 is 0 Å². The van der Waals surface area contributed by atoms with Crippen LogP contribution in [0.1, 0.15) is 46.5 Å². The van der Waals surface area contributed by atoms with Crippen LogP contribution < -0.4 is 4.72 Å². The Morgan fingerprint density at radius 2 is 1.76 bits per heavy atom. The molecule has 3 atom stereocenters. The molecule has 0 unspecified atom stereocenters. The molecule has 17 heavy (non-hydrogen) atoms. The fourth-order valence-electron chi connectivity index (χ4n) is 2.76. The van der Waals surface area contributed by atoms with Crippen LogP contribution in [0.3, 0.4) is 0 Å². The first-order valence-electron chi connectivity index (χ1n) is 6.51. The third-order valence-corrected chi connectivity index (χ3v) is 6.19. The van der Waals surface area contributed by atoms with Crippen molar-refractivity contribution in [1.82, 2.24) is 4.72 Å². The zero-order valence-electron chi connectivity index (χ0n) is 10.9. The molecule has 0 aromatic heterocycles. The van der Waals surface area contributed by atoms with Crippen molar-refractivity contribution in [3.05, 3.63) is 12.2 Å². The van der Waals surface area contributed by atoms with E-state index in [1.807, 2.05) is 0 Å². The average Bonchev–Trinajstić information content (AvgIpc) is 2.60. The SMILES string of the molecule is CC(C)(C)S(=O)(=O)N[C@@H]1C=C[C@H]2CCCC[C@H]21. The first kappa shape index (κ1) is 13.1. The highest BCUT2D eigenvalue weighted by atomic mass is 32.2. The van der Waals surface area contributed by atoms with Crippen LogP contribution in [0.4, 0.5) is 0 Å². The number of hydrogen-bond donors (Lipinski definition) is 1. The second kappa shape index (κ2) is 4.39. The molecular formula is C13H23NO2S. The van der Waals surface area contributed by atoms with Gasteiger partial charge in [-0.05, 0) is 45.4 Å². The van der Waals surface area contributed by atoms with E-state index in [9.17, 15) is 8.42 Å². The van der Waals surface area contributed by atoms with E-state index < -0.39 is 14.8 Å². The molecule has 0 aliphatic heterocycles. The Bertz CT molecular complexity index is 406. The molecule has 3 nitrogen and oxygen atoms in total. The molecule has 0 heterocycles. The van der Waals surface area contributed by atoms with Crippen molar-refractivity contribution in [2.24, 2.45) is 11.8 Å². The van der Waals surface area contributed by atoms with Gasteiger partial charge in [-0.25, -0.2) is 13.1 Å². The molecular weight excluding hydrogens is 234 g/mol. The second-order valence-electron chi connectivity index (χ2n) is 6.26. The van der Waals surface area contributed by atoms with Gasteiger partial charge < -0.3 is 0 Å². The molecule has 0 bridgehead atoms. The highest BCUT2D eigenvalue weighted by Crippen LogP contribution is 2.38. The molecule has 0 saturated heterocycles. The monoisotopic (exact) mass is 257 g/mol. The number of nitrogens with one attached hydrogen (secondary N) is 1. The first-order valence-corrected chi connectivity index (χ1v) is 8.00. The average molecular weight is 257 g/mol. The Labute approximate surface area is 105 Å². The van der Waals surface area contributed by atoms with Crippen LogP contribution >= 0.6 is 0 Å². The maximum absolute atomic E-state index is 12.1. The van der Waals surface area contributed by atoms with E-state index >= 15 is 0 Å². The molecule has 2 aliphatic rings. The molecule has 0 aromatic carbocycles. The summed E-state index contributed by atoms with van der Waals surface area (Å²) in [6.45, 7) is 5.23. The van der Waals surface area contributed by atoms with Crippen LogP contribution in [0.25, 0.3) is 0 Å². The summed E-state index contributed by atoms with van der Waals surface area (Å²) in [7, 11) is -3.23. The molecule has 0 spiro atoms. The molecule has 0 radical (unpaired) electrons. The number of rotatable bonds is 2. The number of hydrogen-bond acceptors (Lipinski definition) is 2. The molecule has 2 rings (SSSR count). The zero-order chi connectivity index (χ0) is 12.7. The van der Waals surface area contributed by atoms with Crippen molar-refractivity contribution in [2.45, 2.75) is 57.2 Å². The molecule has 0 amide bonds. The number of sulfonamides is 1.